The van der Waals surface area contributed by atoms with E-state index in [4.69, 9.17) is 0 Å². The molecule has 0 saturated heterocycles. The second kappa shape index (κ2) is 13.7. The second-order valence-electron chi connectivity index (χ2n) is 18.2. The van der Waals surface area contributed by atoms with E-state index >= 15 is 0 Å². The van der Waals surface area contributed by atoms with Crippen LogP contribution in [0, 0.1) is 0 Å². The Labute approximate surface area is 380 Å². The number of hydrogen-bond acceptors (Lipinski definition) is 0. The summed E-state index contributed by atoms with van der Waals surface area (Å²) in [6, 6.07) is 89.4. The Morgan fingerprint density at radius 3 is 1.22 bits per heavy atom. The molecular formula is C65H42. The van der Waals surface area contributed by atoms with Gasteiger partial charge in [-0.05, 0) is 147 Å². The Balaban J connectivity index is 0.923. The summed E-state index contributed by atoms with van der Waals surface area (Å²) >= 11 is 0. The molecule has 10 aromatic rings. The maximum Gasteiger partial charge on any atom is 0.0720 e. The highest BCUT2D eigenvalue weighted by Gasteiger charge is 2.58. The molecule has 0 bridgehead atoms. The van der Waals surface area contributed by atoms with E-state index in [1.807, 2.05) is 0 Å². The molecular weight excluding hydrogens is 781 g/mol. The van der Waals surface area contributed by atoms with Gasteiger partial charge in [-0.1, -0.05) is 224 Å². The fourth-order valence-corrected chi connectivity index (χ4v) is 12.6. The van der Waals surface area contributed by atoms with Crippen molar-refractivity contribution >= 4 is 11.6 Å². The molecule has 4 aliphatic rings. The van der Waals surface area contributed by atoms with E-state index in [9.17, 15) is 0 Å². The van der Waals surface area contributed by atoms with E-state index in [2.05, 4.69) is 243 Å². The number of rotatable bonds is 3. The largest absolute Gasteiger partial charge is 0.0720 e. The molecule has 0 aromatic heterocycles. The van der Waals surface area contributed by atoms with Crippen LogP contribution in [0.4, 0.5) is 0 Å². The van der Waals surface area contributed by atoms with E-state index in [0.29, 0.717) is 0 Å². The van der Waals surface area contributed by atoms with E-state index in [-0.39, 0.29) is 0 Å². The lowest BCUT2D eigenvalue weighted by Crippen LogP contribution is -2.43. The Morgan fingerprint density at radius 2 is 0.646 bits per heavy atom. The lowest BCUT2D eigenvalue weighted by atomic mass is 9.52. The van der Waals surface area contributed by atoms with E-state index < -0.39 is 10.8 Å². The highest BCUT2D eigenvalue weighted by Crippen LogP contribution is 2.67. The van der Waals surface area contributed by atoms with E-state index in [0.717, 1.165) is 6.42 Å². The van der Waals surface area contributed by atoms with Crippen LogP contribution in [0.3, 0.4) is 0 Å². The molecule has 2 spiro atoms. The average Bonchev–Trinajstić information content (AvgIpc) is 3.76. The Kier molecular flexibility index (Phi) is 7.69. The van der Waals surface area contributed by atoms with Crippen LogP contribution in [0.5, 0.6) is 0 Å². The van der Waals surface area contributed by atoms with Gasteiger partial charge in [0.1, 0.15) is 0 Å². The maximum absolute atomic E-state index is 2.47. The molecule has 302 valence electrons. The van der Waals surface area contributed by atoms with Crippen molar-refractivity contribution in [2.75, 3.05) is 0 Å². The third-order valence-corrected chi connectivity index (χ3v) is 15.2. The molecule has 65 heavy (non-hydrogen) atoms. The molecule has 0 nitrogen and oxygen atoms in total. The summed E-state index contributed by atoms with van der Waals surface area (Å²) in [5, 5.41) is 0. The zero-order chi connectivity index (χ0) is 42.7. The molecule has 0 N–H and O–H groups in total. The van der Waals surface area contributed by atoms with Crippen LogP contribution in [-0.2, 0) is 17.3 Å². The Morgan fingerprint density at radius 1 is 0.246 bits per heavy atom. The van der Waals surface area contributed by atoms with Gasteiger partial charge >= 0.3 is 0 Å². The monoisotopic (exact) mass is 822 g/mol. The minimum atomic E-state index is -0.495. The molecule has 0 unspecified atom stereocenters. The molecule has 14 rings (SSSR count). The van der Waals surface area contributed by atoms with Gasteiger partial charge < -0.3 is 0 Å². The smallest absolute Gasteiger partial charge is 0.0622 e. The lowest BCUT2D eigenvalue weighted by Gasteiger charge is -2.48. The summed E-state index contributed by atoms with van der Waals surface area (Å²) in [4.78, 5) is 0. The minimum Gasteiger partial charge on any atom is -0.0622 e. The van der Waals surface area contributed by atoms with Crippen molar-refractivity contribution in [1.82, 2.24) is 0 Å². The molecule has 0 radical (unpaired) electrons. The van der Waals surface area contributed by atoms with Crippen molar-refractivity contribution in [3.05, 3.63) is 298 Å². The first-order valence-electron chi connectivity index (χ1n) is 23.0. The van der Waals surface area contributed by atoms with Crippen molar-refractivity contribution in [2.45, 2.75) is 17.3 Å². The summed E-state index contributed by atoms with van der Waals surface area (Å²) in [6.45, 7) is 0. The van der Waals surface area contributed by atoms with Gasteiger partial charge in [-0.15, -0.1) is 0 Å². The summed E-state index contributed by atoms with van der Waals surface area (Å²) in [5.74, 6) is 0. The number of benzene rings is 10. The lowest BCUT2D eigenvalue weighted by molar-refractivity contribution is 0.633. The van der Waals surface area contributed by atoms with Crippen LogP contribution in [0.15, 0.2) is 237 Å². The molecule has 0 saturated carbocycles. The van der Waals surface area contributed by atoms with Crippen LogP contribution in [0.25, 0.3) is 67.3 Å². The molecule has 10 aromatic carbocycles. The van der Waals surface area contributed by atoms with Crippen molar-refractivity contribution in [3.8, 4) is 55.6 Å². The minimum absolute atomic E-state index is 0.442. The van der Waals surface area contributed by atoms with Crippen molar-refractivity contribution in [1.29, 1.82) is 0 Å². The Hall–Kier alpha value is -8.06. The molecule has 4 aliphatic carbocycles. The number of fused-ring (bicyclic) bond motifs is 19. The summed E-state index contributed by atoms with van der Waals surface area (Å²) in [7, 11) is 0. The number of allylic oxidation sites excluding steroid dienone is 1. The Bertz CT molecular complexity index is 3540. The van der Waals surface area contributed by atoms with E-state index in [1.165, 1.54) is 122 Å². The maximum atomic E-state index is 2.47. The van der Waals surface area contributed by atoms with Crippen LogP contribution in [-0.4, -0.2) is 0 Å². The highest BCUT2D eigenvalue weighted by molar-refractivity contribution is 5.96. The van der Waals surface area contributed by atoms with Gasteiger partial charge in [-0.3, -0.25) is 0 Å². The predicted molar refractivity (Wildman–Crippen MR) is 269 cm³/mol. The van der Waals surface area contributed by atoms with Gasteiger partial charge in [0.2, 0.25) is 0 Å². The first-order chi connectivity index (χ1) is 32.2. The van der Waals surface area contributed by atoms with Gasteiger partial charge in [0, 0.05) is 0 Å². The van der Waals surface area contributed by atoms with Crippen LogP contribution < -0.4 is 0 Å². The summed E-state index contributed by atoms with van der Waals surface area (Å²) in [5.41, 5.74) is 28.0. The quantitative estimate of drug-likeness (QED) is 0.167. The standard InChI is InChI=1S/C65H42/c1-2-17-42(18-3-1)49-38-47-19-4-5-22-50(47)54-40-45(33-34-48(54)39-49)43-20-16-21-44(37-43)46-35-36-59-55(41-46)53-25-8-11-28-58(53)65(59)62-31-14-12-29-60(62)64(61-30-13-15-32-63(61)65)56-26-9-6-23-51(56)52-24-7-10-27-57(52)64/h1-38,40-41H,39H2. The topological polar surface area (TPSA) is 0 Å². The SMILES string of the molecule is C1=C(c2ccccc2)Cc2ccc(-c3cccc(-c4ccc5c(c4)-c4ccccc4C54c5ccccc5C5(c6ccccc6-c6ccccc65)c5ccccc54)c3)cc2-c2ccccc21. The highest BCUT2D eigenvalue weighted by atomic mass is 14.6. The predicted octanol–water partition coefficient (Wildman–Crippen LogP) is 15.8. The average molecular weight is 823 g/mol. The normalized spacial score (nSPS) is 14.7. The molecule has 0 heterocycles. The summed E-state index contributed by atoms with van der Waals surface area (Å²) in [6.07, 6.45) is 3.28. The fraction of sp³-hybridized carbons (Fsp3) is 0.0462. The molecule has 0 aliphatic heterocycles. The second-order valence-corrected chi connectivity index (χ2v) is 18.2. The molecule has 0 amide bonds. The van der Waals surface area contributed by atoms with Gasteiger partial charge in [-0.25, -0.2) is 0 Å². The van der Waals surface area contributed by atoms with E-state index in [1.54, 1.807) is 0 Å². The van der Waals surface area contributed by atoms with Crippen LogP contribution >= 0.6 is 0 Å². The third-order valence-electron chi connectivity index (χ3n) is 15.2. The third kappa shape index (κ3) is 4.92. The van der Waals surface area contributed by atoms with Gasteiger partial charge in [0.05, 0.1) is 10.8 Å². The molecule has 0 atom stereocenters. The first kappa shape index (κ1) is 36.4. The molecule has 0 heteroatoms. The van der Waals surface area contributed by atoms with Gasteiger partial charge in [0.25, 0.3) is 0 Å². The van der Waals surface area contributed by atoms with Crippen LogP contribution in [0.1, 0.15) is 61.2 Å². The van der Waals surface area contributed by atoms with Gasteiger partial charge in [-0.2, -0.15) is 0 Å². The number of hydrogen-bond donors (Lipinski definition) is 0. The molecule has 0 fully saturated rings. The van der Waals surface area contributed by atoms with Crippen LogP contribution in [0.2, 0.25) is 0 Å². The zero-order valence-corrected chi connectivity index (χ0v) is 35.8. The van der Waals surface area contributed by atoms with Crippen molar-refractivity contribution < 1.29 is 0 Å². The fourth-order valence-electron chi connectivity index (χ4n) is 12.6. The first-order valence-corrected chi connectivity index (χ1v) is 23.0. The zero-order valence-electron chi connectivity index (χ0n) is 35.8. The van der Waals surface area contributed by atoms with Crippen molar-refractivity contribution in [2.24, 2.45) is 0 Å². The van der Waals surface area contributed by atoms with Gasteiger partial charge in [0.15, 0.2) is 0 Å². The summed E-state index contributed by atoms with van der Waals surface area (Å²) < 4.78 is 0. The van der Waals surface area contributed by atoms with Crippen molar-refractivity contribution in [3.63, 3.8) is 0 Å².